The molecule has 2 N–H and O–H groups in total. The lowest BCUT2D eigenvalue weighted by Gasteiger charge is -2.19. The largest absolute Gasteiger partial charge is 0.475 e. The van der Waals surface area contributed by atoms with Gasteiger partial charge in [-0.2, -0.15) is 0 Å². The van der Waals surface area contributed by atoms with Crippen molar-refractivity contribution in [3.05, 3.63) is 17.9 Å². The van der Waals surface area contributed by atoms with E-state index in [4.69, 9.17) is 9.52 Å². The second kappa shape index (κ2) is 7.41. The second-order valence-electron chi connectivity index (χ2n) is 4.26. The molecule has 7 nitrogen and oxygen atoms in total. The molecule has 0 fully saturated rings. The minimum atomic E-state index is -3.80. The Morgan fingerprint density at radius 1 is 1.35 bits per heavy atom. The highest BCUT2D eigenvalue weighted by atomic mass is 32.2. The lowest BCUT2D eigenvalue weighted by molar-refractivity contribution is 0.0656. The van der Waals surface area contributed by atoms with E-state index in [0.29, 0.717) is 6.54 Å². The first kappa shape index (κ1) is 16.7. The number of likely N-dealkylation sites (N-methyl/N-ethyl adjacent to an activating group) is 1. The van der Waals surface area contributed by atoms with Crippen LogP contribution in [0.1, 0.15) is 30.8 Å². The highest BCUT2D eigenvalue weighted by molar-refractivity contribution is 7.89. The minimum absolute atomic E-state index is 0.249. The Kier molecular flexibility index (Phi) is 6.18. The zero-order valence-corrected chi connectivity index (χ0v) is 12.4. The third kappa shape index (κ3) is 4.62. The summed E-state index contributed by atoms with van der Waals surface area (Å²) in [5.74, 6) is -1.70. The van der Waals surface area contributed by atoms with Gasteiger partial charge < -0.3 is 14.4 Å². The number of hydrogen-bond acceptors (Lipinski definition) is 5. The van der Waals surface area contributed by atoms with Crippen molar-refractivity contribution in [3.8, 4) is 0 Å². The summed E-state index contributed by atoms with van der Waals surface area (Å²) in [7, 11) is -3.80. The van der Waals surface area contributed by atoms with Crippen molar-refractivity contribution in [2.75, 3.05) is 26.2 Å². The van der Waals surface area contributed by atoms with Gasteiger partial charge in [0.25, 0.3) is 10.0 Å². The zero-order valence-electron chi connectivity index (χ0n) is 11.6. The number of nitrogens with one attached hydrogen (secondary N) is 1. The Hall–Kier alpha value is -1.38. The molecule has 0 saturated carbocycles. The fourth-order valence-corrected chi connectivity index (χ4v) is 2.68. The van der Waals surface area contributed by atoms with E-state index in [1.165, 1.54) is 0 Å². The van der Waals surface area contributed by atoms with E-state index in [-0.39, 0.29) is 11.6 Å². The predicted octanol–water partition coefficient (Wildman–Crippen LogP) is 0.988. The van der Waals surface area contributed by atoms with Crippen LogP contribution in [0.2, 0.25) is 0 Å². The molecule has 0 radical (unpaired) electrons. The van der Waals surface area contributed by atoms with E-state index in [1.807, 2.05) is 6.92 Å². The molecule has 0 spiro atoms. The average molecular weight is 304 g/mol. The third-order valence-electron chi connectivity index (χ3n) is 2.76. The number of sulfonamides is 1. The van der Waals surface area contributed by atoms with Gasteiger partial charge in [0.05, 0.1) is 0 Å². The van der Waals surface area contributed by atoms with Crippen LogP contribution < -0.4 is 4.72 Å². The highest BCUT2D eigenvalue weighted by Gasteiger charge is 2.20. The van der Waals surface area contributed by atoms with Crippen LogP contribution in [0.25, 0.3) is 0 Å². The van der Waals surface area contributed by atoms with Gasteiger partial charge in [-0.05, 0) is 31.6 Å². The maximum Gasteiger partial charge on any atom is 0.371 e. The number of hydrogen-bond donors (Lipinski definition) is 2. The van der Waals surface area contributed by atoms with Crippen molar-refractivity contribution >= 4 is 16.0 Å². The van der Waals surface area contributed by atoms with Gasteiger partial charge in [0.1, 0.15) is 0 Å². The lowest BCUT2D eigenvalue weighted by Crippen LogP contribution is -2.35. The molecule has 1 aromatic rings. The molecule has 8 heteroatoms. The highest BCUT2D eigenvalue weighted by Crippen LogP contribution is 2.13. The standard InChI is InChI=1S/C12H20N2O5S/c1-3-8-14(4-2)9-7-13-20(17,18)11-6-5-10(19-11)12(15)16/h5-6,13H,3-4,7-9H2,1-2H3,(H,15,16). The van der Waals surface area contributed by atoms with E-state index in [9.17, 15) is 13.2 Å². The summed E-state index contributed by atoms with van der Waals surface area (Å²) in [5.41, 5.74) is 0. The monoisotopic (exact) mass is 304 g/mol. The number of carboxylic acid groups (broad SMARTS) is 1. The fourth-order valence-electron chi connectivity index (χ4n) is 1.73. The molecule has 1 rings (SSSR count). The second-order valence-corrected chi connectivity index (χ2v) is 5.95. The number of carbonyl (C=O) groups is 1. The maximum atomic E-state index is 11.9. The van der Waals surface area contributed by atoms with Crippen LogP contribution in [-0.4, -0.2) is 50.6 Å². The Morgan fingerprint density at radius 3 is 2.55 bits per heavy atom. The van der Waals surface area contributed by atoms with Gasteiger partial charge in [-0.3, -0.25) is 0 Å². The molecule has 0 atom stereocenters. The normalized spacial score (nSPS) is 11.9. The first-order valence-electron chi connectivity index (χ1n) is 6.45. The lowest BCUT2D eigenvalue weighted by atomic mass is 10.4. The van der Waals surface area contributed by atoms with E-state index in [2.05, 4.69) is 16.5 Å². The molecule has 0 saturated heterocycles. The van der Waals surface area contributed by atoms with Crippen LogP contribution in [0, 0.1) is 0 Å². The summed E-state index contributed by atoms with van der Waals surface area (Å²) in [6.45, 7) is 6.66. The molecular weight excluding hydrogens is 284 g/mol. The van der Waals surface area contributed by atoms with Gasteiger partial charge in [-0.1, -0.05) is 13.8 Å². The number of carboxylic acids is 1. The number of furan rings is 1. The Morgan fingerprint density at radius 2 is 2.05 bits per heavy atom. The smallest absolute Gasteiger partial charge is 0.371 e. The van der Waals surface area contributed by atoms with Crippen molar-refractivity contribution in [3.63, 3.8) is 0 Å². The summed E-state index contributed by atoms with van der Waals surface area (Å²) in [6, 6.07) is 2.25. The van der Waals surface area contributed by atoms with Crippen molar-refractivity contribution in [2.24, 2.45) is 0 Å². The number of rotatable bonds is 9. The van der Waals surface area contributed by atoms with Crippen LogP contribution >= 0.6 is 0 Å². The predicted molar refractivity (Wildman–Crippen MR) is 73.3 cm³/mol. The topological polar surface area (TPSA) is 99.9 Å². The van der Waals surface area contributed by atoms with E-state index in [0.717, 1.165) is 31.6 Å². The van der Waals surface area contributed by atoms with Gasteiger partial charge in [-0.25, -0.2) is 17.9 Å². The van der Waals surface area contributed by atoms with Crippen molar-refractivity contribution in [2.45, 2.75) is 25.4 Å². The maximum absolute atomic E-state index is 11.9. The fraction of sp³-hybridized carbons (Fsp3) is 0.583. The van der Waals surface area contributed by atoms with Crippen molar-refractivity contribution in [1.29, 1.82) is 0 Å². The molecule has 20 heavy (non-hydrogen) atoms. The molecule has 0 amide bonds. The van der Waals surface area contributed by atoms with E-state index >= 15 is 0 Å². The summed E-state index contributed by atoms with van der Waals surface area (Å²) in [5, 5.41) is 8.31. The Bertz CT molecular complexity index is 538. The third-order valence-corrected chi connectivity index (χ3v) is 4.10. The van der Waals surface area contributed by atoms with Crippen LogP contribution in [-0.2, 0) is 10.0 Å². The number of aromatic carboxylic acids is 1. The molecule has 1 aromatic heterocycles. The first-order valence-corrected chi connectivity index (χ1v) is 7.94. The summed E-state index contributed by atoms with van der Waals surface area (Å²) >= 11 is 0. The molecule has 0 bridgehead atoms. The van der Waals surface area contributed by atoms with Crippen LogP contribution in [0.5, 0.6) is 0 Å². The molecule has 0 aliphatic carbocycles. The molecule has 1 heterocycles. The van der Waals surface area contributed by atoms with Crippen molar-refractivity contribution < 1.29 is 22.7 Å². The molecule has 0 unspecified atom stereocenters. The van der Waals surface area contributed by atoms with E-state index in [1.54, 1.807) is 0 Å². The molecule has 0 aliphatic rings. The van der Waals surface area contributed by atoms with Crippen LogP contribution in [0.3, 0.4) is 0 Å². The van der Waals surface area contributed by atoms with Crippen molar-refractivity contribution in [1.82, 2.24) is 9.62 Å². The molecular formula is C12H20N2O5S. The van der Waals surface area contributed by atoms with Gasteiger partial charge in [-0.15, -0.1) is 0 Å². The number of nitrogens with zero attached hydrogens (tertiary/aromatic N) is 1. The quantitative estimate of drug-likeness (QED) is 0.705. The van der Waals surface area contributed by atoms with Crippen LogP contribution in [0.15, 0.2) is 21.6 Å². The van der Waals surface area contributed by atoms with Crippen LogP contribution in [0.4, 0.5) is 0 Å². The van der Waals surface area contributed by atoms with Gasteiger partial charge in [0.2, 0.25) is 10.9 Å². The first-order chi connectivity index (χ1) is 9.40. The SMILES string of the molecule is CCCN(CC)CCNS(=O)(=O)c1ccc(C(=O)O)o1. The van der Waals surface area contributed by atoms with Gasteiger partial charge >= 0.3 is 5.97 Å². The van der Waals surface area contributed by atoms with E-state index < -0.39 is 21.8 Å². The van der Waals surface area contributed by atoms with Gasteiger partial charge in [0, 0.05) is 13.1 Å². The molecule has 0 aromatic carbocycles. The Balaban J connectivity index is 2.58. The molecule has 0 aliphatic heterocycles. The Labute approximate surface area is 118 Å². The average Bonchev–Trinajstić information content (AvgIpc) is 2.88. The minimum Gasteiger partial charge on any atom is -0.475 e. The summed E-state index contributed by atoms with van der Waals surface area (Å²) in [4.78, 5) is 12.8. The summed E-state index contributed by atoms with van der Waals surface area (Å²) in [6.07, 6.45) is 1.00. The molecule has 114 valence electrons. The summed E-state index contributed by atoms with van der Waals surface area (Å²) < 4.78 is 30.9. The zero-order chi connectivity index (χ0) is 15.2. The van der Waals surface area contributed by atoms with Gasteiger partial charge in [0.15, 0.2) is 0 Å².